The predicted octanol–water partition coefficient (Wildman–Crippen LogP) is 0.808. The number of terminal acetylenes is 1. The molecule has 70 valence electrons. The number of nitrogens with zero attached hydrogens (tertiary/aromatic N) is 4. The lowest BCUT2D eigenvalue weighted by Gasteiger charge is -2.15. The maximum atomic E-state index is 8.42. The van der Waals surface area contributed by atoms with Crippen molar-refractivity contribution in [3.8, 4) is 18.4 Å². The van der Waals surface area contributed by atoms with Gasteiger partial charge in [-0.3, -0.25) is 0 Å². The summed E-state index contributed by atoms with van der Waals surface area (Å²) >= 11 is 0. The first-order valence-corrected chi connectivity index (χ1v) is 4.14. The number of nitriles is 1. The Kier molecular flexibility index (Phi) is 3.46. The molecule has 0 N–H and O–H groups in total. The van der Waals surface area contributed by atoms with Crippen LogP contribution in [0.1, 0.15) is 12.1 Å². The van der Waals surface area contributed by atoms with Crippen LogP contribution in [0.5, 0.6) is 0 Å². The highest BCUT2D eigenvalue weighted by molar-refractivity contribution is 5.41. The molecule has 0 saturated carbocycles. The summed E-state index contributed by atoms with van der Waals surface area (Å²) in [6, 6.07) is 3.79. The minimum Gasteiger partial charge on any atom is -0.359 e. The molecule has 0 aliphatic rings. The molecule has 0 atom stereocenters. The quantitative estimate of drug-likeness (QED) is 0.655. The molecular weight excluding hydrogens is 176 g/mol. The van der Waals surface area contributed by atoms with Crippen LogP contribution in [0.4, 0.5) is 5.82 Å². The van der Waals surface area contributed by atoms with Gasteiger partial charge in [-0.2, -0.15) is 5.26 Å². The second-order valence-corrected chi connectivity index (χ2v) is 2.74. The van der Waals surface area contributed by atoms with E-state index in [-0.39, 0.29) is 0 Å². The van der Waals surface area contributed by atoms with Gasteiger partial charge in [-0.15, -0.1) is 6.42 Å². The first-order valence-electron chi connectivity index (χ1n) is 4.14. The van der Waals surface area contributed by atoms with Gasteiger partial charge in [0.05, 0.1) is 12.5 Å². The Morgan fingerprint density at radius 1 is 1.57 bits per heavy atom. The van der Waals surface area contributed by atoms with Gasteiger partial charge in [0.15, 0.2) is 0 Å². The molecule has 0 fully saturated rings. The molecule has 0 bridgehead atoms. The minimum atomic E-state index is 0.464. The average molecular weight is 186 g/mol. The summed E-state index contributed by atoms with van der Waals surface area (Å²) < 4.78 is 0. The van der Waals surface area contributed by atoms with Crippen LogP contribution in [0.25, 0.3) is 0 Å². The molecule has 1 aromatic rings. The molecule has 4 heteroatoms. The summed E-state index contributed by atoms with van der Waals surface area (Å²) in [4.78, 5) is 9.80. The molecule has 0 aliphatic heterocycles. The molecule has 0 aromatic carbocycles. The van der Waals surface area contributed by atoms with Crippen molar-refractivity contribution in [1.82, 2.24) is 9.97 Å². The van der Waals surface area contributed by atoms with E-state index in [9.17, 15) is 0 Å². The fourth-order valence-corrected chi connectivity index (χ4v) is 0.967. The SMILES string of the molecule is C#Cc1cc(N(C)CCC#N)ncn1. The summed E-state index contributed by atoms with van der Waals surface area (Å²) in [7, 11) is 1.86. The second-order valence-electron chi connectivity index (χ2n) is 2.74. The third-order valence-electron chi connectivity index (χ3n) is 1.75. The van der Waals surface area contributed by atoms with Gasteiger partial charge in [0.2, 0.25) is 0 Å². The van der Waals surface area contributed by atoms with E-state index in [2.05, 4.69) is 22.0 Å². The maximum Gasteiger partial charge on any atom is 0.132 e. The largest absolute Gasteiger partial charge is 0.359 e. The van der Waals surface area contributed by atoms with E-state index in [1.54, 1.807) is 6.07 Å². The van der Waals surface area contributed by atoms with E-state index in [0.717, 1.165) is 5.82 Å². The first kappa shape index (κ1) is 10.0. The zero-order valence-corrected chi connectivity index (χ0v) is 7.94. The van der Waals surface area contributed by atoms with Crippen LogP contribution in [0.3, 0.4) is 0 Å². The highest BCUT2D eigenvalue weighted by Crippen LogP contribution is 2.08. The third kappa shape index (κ3) is 2.46. The van der Waals surface area contributed by atoms with Crippen LogP contribution >= 0.6 is 0 Å². The van der Waals surface area contributed by atoms with Gasteiger partial charge in [-0.1, -0.05) is 5.92 Å². The molecule has 0 saturated heterocycles. The summed E-state index contributed by atoms with van der Waals surface area (Å²) in [5.41, 5.74) is 0.554. The van der Waals surface area contributed by atoms with Gasteiger partial charge in [0, 0.05) is 19.7 Å². The van der Waals surface area contributed by atoms with E-state index in [1.165, 1.54) is 6.33 Å². The number of rotatable bonds is 3. The Balaban J connectivity index is 2.76. The molecule has 1 aromatic heterocycles. The highest BCUT2D eigenvalue weighted by atomic mass is 15.2. The number of hydrogen-bond acceptors (Lipinski definition) is 4. The summed E-state index contributed by atoms with van der Waals surface area (Å²) in [5, 5.41) is 8.42. The van der Waals surface area contributed by atoms with Crippen molar-refractivity contribution in [3.63, 3.8) is 0 Å². The lowest BCUT2D eigenvalue weighted by atomic mass is 10.3. The van der Waals surface area contributed by atoms with Crippen LogP contribution in [-0.4, -0.2) is 23.6 Å². The molecule has 0 radical (unpaired) electrons. The lowest BCUT2D eigenvalue weighted by molar-refractivity contribution is 0.878. The number of aromatic nitrogens is 2. The van der Waals surface area contributed by atoms with Gasteiger partial charge in [0.25, 0.3) is 0 Å². The van der Waals surface area contributed by atoms with Gasteiger partial charge in [-0.05, 0) is 0 Å². The van der Waals surface area contributed by atoms with E-state index in [0.29, 0.717) is 18.7 Å². The van der Waals surface area contributed by atoms with Gasteiger partial charge >= 0.3 is 0 Å². The van der Waals surface area contributed by atoms with E-state index < -0.39 is 0 Å². The zero-order chi connectivity index (χ0) is 10.4. The van der Waals surface area contributed by atoms with E-state index >= 15 is 0 Å². The Bertz CT molecular complexity index is 386. The second kappa shape index (κ2) is 4.84. The third-order valence-corrected chi connectivity index (χ3v) is 1.75. The summed E-state index contributed by atoms with van der Waals surface area (Å²) in [6.45, 7) is 0.636. The number of anilines is 1. The Morgan fingerprint density at radius 2 is 2.36 bits per heavy atom. The Hall–Kier alpha value is -2.07. The van der Waals surface area contributed by atoms with Crippen LogP contribution in [0, 0.1) is 23.7 Å². The fraction of sp³-hybridized carbons (Fsp3) is 0.300. The molecule has 0 unspecified atom stereocenters. The molecule has 1 heterocycles. The molecule has 1 rings (SSSR count). The summed E-state index contributed by atoms with van der Waals surface area (Å²) in [5.74, 6) is 3.17. The monoisotopic (exact) mass is 186 g/mol. The van der Waals surface area contributed by atoms with Crippen molar-refractivity contribution >= 4 is 5.82 Å². The van der Waals surface area contributed by atoms with Crippen molar-refractivity contribution in [2.24, 2.45) is 0 Å². The van der Waals surface area contributed by atoms with Gasteiger partial charge in [0.1, 0.15) is 17.8 Å². The maximum absolute atomic E-state index is 8.42. The van der Waals surface area contributed by atoms with Crippen molar-refractivity contribution in [3.05, 3.63) is 18.1 Å². The molecule has 0 spiro atoms. The van der Waals surface area contributed by atoms with Crippen molar-refractivity contribution in [2.45, 2.75) is 6.42 Å². The molecule has 14 heavy (non-hydrogen) atoms. The standard InChI is InChI=1S/C10H10N4/c1-3-9-7-10(13-8-12-9)14(2)6-4-5-11/h1,7-8H,4,6H2,2H3. The van der Waals surface area contributed by atoms with E-state index in [4.69, 9.17) is 11.7 Å². The van der Waals surface area contributed by atoms with Crippen LogP contribution < -0.4 is 4.90 Å². The zero-order valence-electron chi connectivity index (χ0n) is 7.94. The van der Waals surface area contributed by atoms with Crippen LogP contribution in [0.15, 0.2) is 12.4 Å². The number of hydrogen-bond donors (Lipinski definition) is 0. The van der Waals surface area contributed by atoms with E-state index in [1.807, 2.05) is 11.9 Å². The fourth-order valence-electron chi connectivity index (χ4n) is 0.967. The van der Waals surface area contributed by atoms with Gasteiger partial charge < -0.3 is 4.90 Å². The normalized spacial score (nSPS) is 8.79. The lowest BCUT2D eigenvalue weighted by Crippen LogP contribution is -2.19. The van der Waals surface area contributed by atoms with Crippen LogP contribution in [0.2, 0.25) is 0 Å². The predicted molar refractivity (Wildman–Crippen MR) is 53.5 cm³/mol. The molecule has 0 amide bonds. The van der Waals surface area contributed by atoms with Crippen molar-refractivity contribution < 1.29 is 0 Å². The first-order chi connectivity index (χ1) is 6.77. The molecule has 4 nitrogen and oxygen atoms in total. The van der Waals surface area contributed by atoms with Crippen molar-refractivity contribution in [1.29, 1.82) is 5.26 Å². The van der Waals surface area contributed by atoms with Gasteiger partial charge in [-0.25, -0.2) is 9.97 Å². The molecular formula is C10H10N4. The van der Waals surface area contributed by atoms with Crippen molar-refractivity contribution in [2.75, 3.05) is 18.5 Å². The van der Waals surface area contributed by atoms with Crippen LogP contribution in [-0.2, 0) is 0 Å². The Labute approximate surface area is 83.2 Å². The smallest absolute Gasteiger partial charge is 0.132 e. The summed E-state index contributed by atoms with van der Waals surface area (Å²) in [6.07, 6.45) is 7.10. The average Bonchev–Trinajstić information content (AvgIpc) is 2.26. The topological polar surface area (TPSA) is 52.8 Å². The Morgan fingerprint density at radius 3 is 3.00 bits per heavy atom. The molecule has 0 aliphatic carbocycles. The highest BCUT2D eigenvalue weighted by Gasteiger charge is 2.02. The minimum absolute atomic E-state index is 0.464.